The molecule has 0 saturated heterocycles. The summed E-state index contributed by atoms with van der Waals surface area (Å²) >= 11 is 1.40. The van der Waals surface area contributed by atoms with Gasteiger partial charge >= 0.3 is 0 Å². The number of anilines is 3. The highest BCUT2D eigenvalue weighted by molar-refractivity contribution is 7.17. The maximum absolute atomic E-state index is 11.7. The molecule has 0 bridgehead atoms. The molecule has 2 heterocycles. The van der Waals surface area contributed by atoms with E-state index < -0.39 is 4.92 Å². The van der Waals surface area contributed by atoms with Crippen LogP contribution in [0.3, 0.4) is 0 Å². The van der Waals surface area contributed by atoms with Crippen LogP contribution in [0.4, 0.5) is 23.0 Å². The third-order valence-electron chi connectivity index (χ3n) is 4.91. The Balaban J connectivity index is 1.65. The van der Waals surface area contributed by atoms with Gasteiger partial charge in [0.05, 0.1) is 24.3 Å². The predicted octanol–water partition coefficient (Wildman–Crippen LogP) is 3.75. The van der Waals surface area contributed by atoms with E-state index in [1.165, 1.54) is 30.6 Å². The van der Waals surface area contributed by atoms with Gasteiger partial charge in [0.1, 0.15) is 22.1 Å². The molecule has 4 rings (SSSR count). The summed E-state index contributed by atoms with van der Waals surface area (Å²) in [6.45, 7) is 0.0863. The van der Waals surface area contributed by atoms with Crippen molar-refractivity contribution in [2.75, 3.05) is 37.5 Å². The zero-order valence-electron chi connectivity index (χ0n) is 18.4. The molecule has 0 unspecified atom stereocenters. The molecular formula is C22H21N7O4S. The van der Waals surface area contributed by atoms with Gasteiger partial charge in [0, 0.05) is 37.5 Å². The normalized spacial score (nSPS) is 10.7. The second kappa shape index (κ2) is 10.2. The van der Waals surface area contributed by atoms with E-state index in [0.29, 0.717) is 27.8 Å². The molecule has 174 valence electrons. The van der Waals surface area contributed by atoms with Crippen LogP contribution < -0.4 is 15.0 Å². The third kappa shape index (κ3) is 4.92. The van der Waals surface area contributed by atoms with Crippen LogP contribution >= 0.6 is 11.3 Å². The van der Waals surface area contributed by atoms with E-state index >= 15 is 0 Å². The first-order valence-electron chi connectivity index (χ1n) is 10.2. The largest absolute Gasteiger partial charge is 0.494 e. The maximum atomic E-state index is 11.7. The van der Waals surface area contributed by atoms with E-state index in [2.05, 4.69) is 25.5 Å². The molecule has 0 atom stereocenters. The van der Waals surface area contributed by atoms with Crippen molar-refractivity contribution in [1.82, 2.24) is 20.2 Å². The van der Waals surface area contributed by atoms with Crippen LogP contribution in [-0.4, -0.2) is 57.5 Å². The second-order valence-corrected chi connectivity index (χ2v) is 8.09. The number of aromatic nitrogens is 4. The van der Waals surface area contributed by atoms with Crippen LogP contribution in [0, 0.1) is 10.1 Å². The fourth-order valence-corrected chi connectivity index (χ4v) is 4.05. The Bertz CT molecular complexity index is 1300. The molecule has 0 spiro atoms. The van der Waals surface area contributed by atoms with Gasteiger partial charge in [-0.05, 0) is 6.07 Å². The molecule has 0 amide bonds. The van der Waals surface area contributed by atoms with Crippen molar-refractivity contribution >= 4 is 34.3 Å². The number of rotatable bonds is 9. The first-order chi connectivity index (χ1) is 16.5. The summed E-state index contributed by atoms with van der Waals surface area (Å²) in [7, 11) is 3.12. The summed E-state index contributed by atoms with van der Waals surface area (Å²) in [5.74, 6) is 0.583. The molecule has 2 aromatic heterocycles. The van der Waals surface area contributed by atoms with Gasteiger partial charge < -0.3 is 20.1 Å². The molecule has 0 saturated carbocycles. The highest BCUT2D eigenvalue weighted by atomic mass is 32.1. The molecule has 0 aliphatic rings. The lowest BCUT2D eigenvalue weighted by Crippen LogP contribution is -2.22. The fraction of sp³-hybridized carbons (Fsp3) is 0.182. The van der Waals surface area contributed by atoms with Crippen molar-refractivity contribution in [3.05, 3.63) is 64.8 Å². The van der Waals surface area contributed by atoms with E-state index in [1.807, 2.05) is 30.3 Å². The minimum atomic E-state index is -0.489. The van der Waals surface area contributed by atoms with Crippen LogP contribution in [0.25, 0.3) is 21.3 Å². The van der Waals surface area contributed by atoms with Crippen LogP contribution in [0.1, 0.15) is 0 Å². The number of ether oxygens (including phenoxy) is 1. The van der Waals surface area contributed by atoms with Gasteiger partial charge in [-0.2, -0.15) is 0 Å². The maximum Gasteiger partial charge on any atom is 0.294 e. The van der Waals surface area contributed by atoms with Gasteiger partial charge in [-0.3, -0.25) is 10.1 Å². The molecule has 34 heavy (non-hydrogen) atoms. The van der Waals surface area contributed by atoms with E-state index in [1.54, 1.807) is 24.2 Å². The molecule has 12 heteroatoms. The summed E-state index contributed by atoms with van der Waals surface area (Å²) in [4.78, 5) is 21.5. The van der Waals surface area contributed by atoms with Crippen molar-refractivity contribution in [3.8, 4) is 27.0 Å². The Labute approximate surface area is 198 Å². The molecule has 11 nitrogen and oxygen atoms in total. The second-order valence-electron chi connectivity index (χ2n) is 7.11. The average molecular weight is 480 g/mol. The SMILES string of the molecule is COc1cc(N(C)CCO)c([N+](=O)[O-])cc1Nc1nccc(-c2nnc(-c3ccccc3)s2)n1. The van der Waals surface area contributed by atoms with Gasteiger partial charge in [0.25, 0.3) is 5.69 Å². The Morgan fingerprint density at radius 2 is 1.94 bits per heavy atom. The van der Waals surface area contributed by atoms with Crippen molar-refractivity contribution in [2.24, 2.45) is 0 Å². The predicted molar refractivity (Wildman–Crippen MR) is 130 cm³/mol. The average Bonchev–Trinajstić information content (AvgIpc) is 3.35. The first kappa shape index (κ1) is 23.0. The lowest BCUT2D eigenvalue weighted by Gasteiger charge is -2.20. The number of nitro groups is 1. The van der Waals surface area contributed by atoms with Gasteiger partial charge in [-0.25, -0.2) is 9.97 Å². The van der Waals surface area contributed by atoms with E-state index in [4.69, 9.17) is 4.74 Å². The Kier molecular flexibility index (Phi) is 6.90. The van der Waals surface area contributed by atoms with Crippen LogP contribution in [0.2, 0.25) is 0 Å². The molecule has 0 radical (unpaired) electrons. The number of nitro benzene ring substituents is 1. The van der Waals surface area contributed by atoms with E-state index in [0.717, 1.165) is 10.6 Å². The summed E-state index contributed by atoms with van der Waals surface area (Å²) in [5.41, 5.74) is 2.02. The van der Waals surface area contributed by atoms with Gasteiger partial charge in [-0.1, -0.05) is 41.7 Å². The first-order valence-corrected chi connectivity index (χ1v) is 11.0. The molecule has 2 N–H and O–H groups in total. The van der Waals surface area contributed by atoms with Crippen molar-refractivity contribution in [3.63, 3.8) is 0 Å². The van der Waals surface area contributed by atoms with Crippen molar-refractivity contribution in [2.45, 2.75) is 0 Å². The fourth-order valence-electron chi connectivity index (χ4n) is 3.23. The van der Waals surface area contributed by atoms with E-state index in [9.17, 15) is 15.2 Å². The van der Waals surface area contributed by atoms with Gasteiger partial charge in [0.15, 0.2) is 5.01 Å². The summed E-state index contributed by atoms with van der Waals surface area (Å²) < 4.78 is 5.44. The minimum absolute atomic E-state index is 0.145. The number of nitrogens with one attached hydrogen (secondary N) is 1. The number of aliphatic hydroxyl groups is 1. The number of hydrogen-bond acceptors (Lipinski definition) is 11. The number of nitrogens with zero attached hydrogens (tertiary/aromatic N) is 6. The summed E-state index contributed by atoms with van der Waals surface area (Å²) in [5, 5.41) is 33.8. The minimum Gasteiger partial charge on any atom is -0.494 e. The molecule has 4 aromatic rings. The topological polar surface area (TPSA) is 139 Å². The number of benzene rings is 2. The number of hydrogen-bond donors (Lipinski definition) is 2. The lowest BCUT2D eigenvalue weighted by atomic mass is 10.2. The monoisotopic (exact) mass is 479 g/mol. The number of likely N-dealkylation sites (N-methyl/N-ethyl adjacent to an activating group) is 1. The highest BCUT2D eigenvalue weighted by Gasteiger charge is 2.22. The van der Waals surface area contributed by atoms with Crippen LogP contribution in [-0.2, 0) is 0 Å². The van der Waals surface area contributed by atoms with E-state index in [-0.39, 0.29) is 24.8 Å². The number of aliphatic hydroxyl groups excluding tert-OH is 1. The van der Waals surface area contributed by atoms with Crippen LogP contribution in [0.15, 0.2) is 54.7 Å². The highest BCUT2D eigenvalue weighted by Crippen LogP contribution is 2.39. The Morgan fingerprint density at radius 3 is 2.65 bits per heavy atom. The summed E-state index contributed by atoms with van der Waals surface area (Å²) in [6.07, 6.45) is 1.57. The number of methoxy groups -OCH3 is 1. The third-order valence-corrected chi connectivity index (χ3v) is 5.90. The Hall–Kier alpha value is -4.16. The standard InChI is InChI=1S/C22H21N7O4S/c1-28(10-11-30)17-13-19(33-2)16(12-18(17)29(31)32)25-22-23-9-8-15(24-22)21-27-26-20(34-21)14-6-4-3-5-7-14/h3-9,12-13,30H,10-11H2,1-2H3,(H,23,24,25). The molecule has 0 fully saturated rings. The zero-order chi connectivity index (χ0) is 24.1. The smallest absolute Gasteiger partial charge is 0.294 e. The molecule has 2 aromatic carbocycles. The van der Waals surface area contributed by atoms with Gasteiger partial charge in [0.2, 0.25) is 5.95 Å². The van der Waals surface area contributed by atoms with Crippen molar-refractivity contribution in [1.29, 1.82) is 0 Å². The lowest BCUT2D eigenvalue weighted by molar-refractivity contribution is -0.384. The molecule has 0 aliphatic carbocycles. The van der Waals surface area contributed by atoms with Crippen LogP contribution in [0.5, 0.6) is 5.75 Å². The molecule has 0 aliphatic heterocycles. The van der Waals surface area contributed by atoms with Gasteiger partial charge in [-0.15, -0.1) is 10.2 Å². The Morgan fingerprint density at radius 1 is 1.18 bits per heavy atom. The molecular weight excluding hydrogens is 458 g/mol. The zero-order valence-corrected chi connectivity index (χ0v) is 19.2. The summed E-state index contributed by atoms with van der Waals surface area (Å²) in [6, 6.07) is 14.3. The van der Waals surface area contributed by atoms with Crippen molar-refractivity contribution < 1.29 is 14.8 Å². The quantitative estimate of drug-likeness (QED) is 0.269.